The fourth-order valence-corrected chi connectivity index (χ4v) is 3.70. The summed E-state index contributed by atoms with van der Waals surface area (Å²) in [4.78, 5) is 16.9. The van der Waals surface area contributed by atoms with Crippen LogP contribution in [0.5, 0.6) is 0 Å². The smallest absolute Gasteiger partial charge is 0.271 e. The molecule has 2 atom stereocenters. The minimum atomic E-state index is -0.137. The highest BCUT2D eigenvalue weighted by molar-refractivity contribution is 7.09. The van der Waals surface area contributed by atoms with Crippen LogP contribution in [0.15, 0.2) is 29.6 Å². The number of ether oxygens (including phenoxy) is 1. The molecule has 0 spiro atoms. The number of hydrogen-bond donors (Lipinski definition) is 2. The third-order valence-corrected chi connectivity index (χ3v) is 5.10. The van der Waals surface area contributed by atoms with E-state index in [1.807, 2.05) is 0 Å². The molecule has 0 bridgehead atoms. The van der Waals surface area contributed by atoms with Gasteiger partial charge < -0.3 is 15.8 Å². The lowest BCUT2D eigenvalue weighted by atomic mass is 9.95. The van der Waals surface area contributed by atoms with Gasteiger partial charge in [0.15, 0.2) is 0 Å². The zero-order chi connectivity index (χ0) is 16.9. The quantitative estimate of drug-likeness (QED) is 0.873. The summed E-state index contributed by atoms with van der Waals surface area (Å²) in [6.07, 6.45) is 2.45. The highest BCUT2D eigenvalue weighted by Gasteiger charge is 2.29. The summed E-state index contributed by atoms with van der Waals surface area (Å²) in [5, 5.41) is 5.80. The zero-order valence-corrected chi connectivity index (χ0v) is 14.6. The number of nitrogens with zero attached hydrogens (tertiary/aromatic N) is 1. The van der Waals surface area contributed by atoms with Crippen molar-refractivity contribution in [2.45, 2.75) is 38.3 Å². The molecule has 2 aromatic rings. The second kappa shape index (κ2) is 7.88. The van der Waals surface area contributed by atoms with Crippen molar-refractivity contribution in [1.82, 2.24) is 10.3 Å². The van der Waals surface area contributed by atoms with Gasteiger partial charge in [-0.05, 0) is 31.9 Å². The van der Waals surface area contributed by atoms with Gasteiger partial charge in [-0.3, -0.25) is 4.79 Å². The van der Waals surface area contributed by atoms with Gasteiger partial charge in [-0.1, -0.05) is 29.8 Å². The summed E-state index contributed by atoms with van der Waals surface area (Å²) in [5.74, 6) is -0.137. The van der Waals surface area contributed by atoms with Gasteiger partial charge in [-0.25, -0.2) is 4.98 Å². The maximum Gasteiger partial charge on any atom is 0.271 e. The summed E-state index contributed by atoms with van der Waals surface area (Å²) in [5.41, 5.74) is 8.32. The first-order valence-corrected chi connectivity index (χ1v) is 9.19. The molecule has 24 heavy (non-hydrogen) atoms. The van der Waals surface area contributed by atoms with Crippen LogP contribution < -0.4 is 11.1 Å². The van der Waals surface area contributed by atoms with Crippen LogP contribution in [0.4, 0.5) is 0 Å². The average Bonchev–Trinajstić information content (AvgIpc) is 3.05. The first-order valence-electron chi connectivity index (χ1n) is 8.31. The number of nitrogens with two attached hydrogens (primary N) is 1. The molecule has 1 saturated heterocycles. The molecular formula is C18H23N3O2S. The minimum Gasteiger partial charge on any atom is -0.371 e. The van der Waals surface area contributed by atoms with Crippen LogP contribution in [0.1, 0.15) is 45.6 Å². The molecule has 0 saturated carbocycles. The Morgan fingerprint density at radius 1 is 1.42 bits per heavy atom. The van der Waals surface area contributed by atoms with E-state index in [0.717, 1.165) is 30.0 Å². The van der Waals surface area contributed by atoms with Crippen molar-refractivity contribution >= 4 is 17.2 Å². The third-order valence-electron chi connectivity index (χ3n) is 4.19. The van der Waals surface area contributed by atoms with Gasteiger partial charge in [0.1, 0.15) is 11.8 Å². The van der Waals surface area contributed by atoms with Crippen molar-refractivity contribution < 1.29 is 9.53 Å². The summed E-state index contributed by atoms with van der Waals surface area (Å²) >= 11 is 1.48. The second-order valence-corrected chi connectivity index (χ2v) is 7.03. The molecule has 3 N–H and O–H groups in total. The number of nitrogens with one attached hydrogen (secondary N) is 1. The Morgan fingerprint density at radius 2 is 2.21 bits per heavy atom. The van der Waals surface area contributed by atoms with Crippen LogP contribution in [-0.4, -0.2) is 30.1 Å². The number of hydrogen-bond acceptors (Lipinski definition) is 5. The predicted molar refractivity (Wildman–Crippen MR) is 95.2 cm³/mol. The second-order valence-electron chi connectivity index (χ2n) is 6.09. The van der Waals surface area contributed by atoms with E-state index in [1.54, 1.807) is 5.38 Å². The van der Waals surface area contributed by atoms with Gasteiger partial charge in [-0.15, -0.1) is 11.3 Å². The number of benzene rings is 1. The maximum absolute atomic E-state index is 12.5. The third kappa shape index (κ3) is 4.01. The molecule has 1 amide bonds. The predicted octanol–water partition coefficient (Wildman–Crippen LogP) is 2.60. The van der Waals surface area contributed by atoms with E-state index in [0.29, 0.717) is 18.7 Å². The Balaban J connectivity index is 1.70. The van der Waals surface area contributed by atoms with Gasteiger partial charge in [0.05, 0.1) is 11.0 Å². The Kier molecular flexibility index (Phi) is 5.60. The van der Waals surface area contributed by atoms with Crippen LogP contribution in [0, 0.1) is 6.92 Å². The van der Waals surface area contributed by atoms with E-state index in [9.17, 15) is 4.79 Å². The lowest BCUT2D eigenvalue weighted by Crippen LogP contribution is -2.42. The summed E-state index contributed by atoms with van der Waals surface area (Å²) < 4.78 is 5.95. The fourth-order valence-electron chi connectivity index (χ4n) is 2.91. The van der Waals surface area contributed by atoms with Gasteiger partial charge in [0.2, 0.25) is 0 Å². The largest absolute Gasteiger partial charge is 0.371 e. The van der Waals surface area contributed by atoms with Crippen LogP contribution in [0.2, 0.25) is 0 Å². The average molecular weight is 345 g/mol. The first-order chi connectivity index (χ1) is 11.7. The minimum absolute atomic E-state index is 0.0337. The SMILES string of the molecule is Cc1ccc(C2OCCCC2NC(=O)c2csc(CCN)n2)cc1. The topological polar surface area (TPSA) is 77.2 Å². The number of aromatic nitrogens is 1. The first kappa shape index (κ1) is 17.1. The van der Waals surface area contributed by atoms with E-state index in [-0.39, 0.29) is 18.1 Å². The summed E-state index contributed by atoms with van der Waals surface area (Å²) in [6.45, 7) is 3.33. The monoisotopic (exact) mass is 345 g/mol. The summed E-state index contributed by atoms with van der Waals surface area (Å²) in [6, 6.07) is 8.27. The van der Waals surface area contributed by atoms with Crippen molar-refractivity contribution in [3.63, 3.8) is 0 Å². The van der Waals surface area contributed by atoms with E-state index in [2.05, 4.69) is 41.5 Å². The molecule has 1 aromatic heterocycles. The van der Waals surface area contributed by atoms with Crippen LogP contribution in [0.3, 0.4) is 0 Å². The zero-order valence-electron chi connectivity index (χ0n) is 13.8. The van der Waals surface area contributed by atoms with Gasteiger partial charge in [0, 0.05) is 18.4 Å². The Morgan fingerprint density at radius 3 is 2.96 bits per heavy atom. The Bertz CT molecular complexity index is 684. The van der Waals surface area contributed by atoms with Crippen molar-refractivity contribution in [3.8, 4) is 0 Å². The molecule has 1 fully saturated rings. The molecule has 2 heterocycles. The highest BCUT2D eigenvalue weighted by Crippen LogP contribution is 2.29. The van der Waals surface area contributed by atoms with E-state index in [4.69, 9.17) is 10.5 Å². The normalized spacial score (nSPS) is 20.8. The molecule has 128 valence electrons. The number of aryl methyl sites for hydroxylation is 1. The molecule has 1 aliphatic rings. The van der Waals surface area contributed by atoms with Crippen LogP contribution in [0.25, 0.3) is 0 Å². The Labute approximate surface area is 146 Å². The van der Waals surface area contributed by atoms with Crippen molar-refractivity contribution in [1.29, 1.82) is 0 Å². The number of carbonyl (C=O) groups is 1. The molecule has 2 unspecified atom stereocenters. The Hall–Kier alpha value is -1.76. The van der Waals surface area contributed by atoms with E-state index >= 15 is 0 Å². The van der Waals surface area contributed by atoms with E-state index in [1.165, 1.54) is 16.9 Å². The number of thiazole rings is 1. The molecule has 5 nitrogen and oxygen atoms in total. The maximum atomic E-state index is 12.5. The van der Waals surface area contributed by atoms with Gasteiger partial charge in [-0.2, -0.15) is 0 Å². The van der Waals surface area contributed by atoms with Gasteiger partial charge in [0.25, 0.3) is 5.91 Å². The highest BCUT2D eigenvalue weighted by atomic mass is 32.1. The molecular weight excluding hydrogens is 322 g/mol. The van der Waals surface area contributed by atoms with Crippen molar-refractivity contribution in [2.24, 2.45) is 5.73 Å². The molecule has 6 heteroatoms. The lowest BCUT2D eigenvalue weighted by molar-refractivity contribution is -0.00951. The van der Waals surface area contributed by atoms with Crippen LogP contribution >= 0.6 is 11.3 Å². The van der Waals surface area contributed by atoms with E-state index < -0.39 is 0 Å². The number of carbonyl (C=O) groups excluding carboxylic acids is 1. The van der Waals surface area contributed by atoms with Crippen LogP contribution in [-0.2, 0) is 11.2 Å². The molecule has 0 aliphatic carbocycles. The lowest BCUT2D eigenvalue weighted by Gasteiger charge is -2.32. The molecule has 0 radical (unpaired) electrons. The molecule has 1 aromatic carbocycles. The number of amides is 1. The number of rotatable bonds is 5. The summed E-state index contributed by atoms with van der Waals surface area (Å²) in [7, 11) is 0. The van der Waals surface area contributed by atoms with Crippen molar-refractivity contribution in [2.75, 3.05) is 13.2 Å². The standard InChI is InChI=1S/C18H23N3O2S/c1-12-4-6-13(7-5-12)17-14(3-2-10-23-17)21-18(22)15-11-24-16(20-15)8-9-19/h4-7,11,14,17H,2-3,8-10,19H2,1H3,(H,21,22). The fraction of sp³-hybridized carbons (Fsp3) is 0.444. The van der Waals surface area contributed by atoms with Gasteiger partial charge >= 0.3 is 0 Å². The molecule has 1 aliphatic heterocycles. The molecule has 3 rings (SSSR count). The van der Waals surface area contributed by atoms with Crippen molar-refractivity contribution in [3.05, 3.63) is 51.5 Å².